The lowest BCUT2D eigenvalue weighted by Crippen LogP contribution is -2.43. The van der Waals surface area contributed by atoms with E-state index in [1.165, 1.54) is 18.2 Å². The highest BCUT2D eigenvalue weighted by Crippen LogP contribution is 2.31. The van der Waals surface area contributed by atoms with Gasteiger partial charge in [0.05, 0.1) is 6.54 Å². The Hall–Kier alpha value is -3.09. The number of hydrogen-bond acceptors (Lipinski definition) is 5. The summed E-state index contributed by atoms with van der Waals surface area (Å²) in [6.07, 6.45) is -0.304. The van der Waals surface area contributed by atoms with Crippen LogP contribution in [0.15, 0.2) is 42.5 Å². The Labute approximate surface area is 144 Å². The van der Waals surface area contributed by atoms with Crippen LogP contribution in [0.25, 0.3) is 0 Å². The van der Waals surface area contributed by atoms with Crippen LogP contribution < -0.4 is 9.47 Å². The van der Waals surface area contributed by atoms with Crippen molar-refractivity contribution in [2.45, 2.75) is 13.0 Å². The van der Waals surface area contributed by atoms with Crippen LogP contribution >= 0.6 is 0 Å². The molecular formula is C18H18N2O5. The highest BCUT2D eigenvalue weighted by Gasteiger charge is 2.26. The molecule has 2 heterocycles. The molecule has 1 atom stereocenters. The maximum Gasteiger partial charge on any atom is 0.354 e. The third kappa shape index (κ3) is 3.71. The summed E-state index contributed by atoms with van der Waals surface area (Å²) in [5.41, 5.74) is -0.0630. The molecule has 1 aromatic heterocycles. The first-order valence-electron chi connectivity index (χ1n) is 7.96. The lowest BCUT2D eigenvalue weighted by Gasteiger charge is -2.30. The van der Waals surface area contributed by atoms with Gasteiger partial charge >= 0.3 is 5.97 Å². The number of rotatable bonds is 5. The van der Waals surface area contributed by atoms with Gasteiger partial charge in [-0.15, -0.1) is 0 Å². The molecule has 25 heavy (non-hydrogen) atoms. The van der Waals surface area contributed by atoms with Gasteiger partial charge in [0, 0.05) is 6.54 Å². The van der Waals surface area contributed by atoms with Gasteiger partial charge in [0.1, 0.15) is 18.0 Å². The van der Waals surface area contributed by atoms with Crippen LogP contribution in [0.4, 0.5) is 0 Å². The lowest BCUT2D eigenvalue weighted by molar-refractivity contribution is 0.0471. The fourth-order valence-electron chi connectivity index (χ4n) is 2.59. The van der Waals surface area contributed by atoms with Crippen LogP contribution in [-0.4, -0.2) is 52.7 Å². The zero-order chi connectivity index (χ0) is 17.8. The molecule has 3 rings (SSSR count). The number of benzene rings is 1. The van der Waals surface area contributed by atoms with Crippen LogP contribution in [0.1, 0.15) is 27.9 Å². The second-order valence-electron chi connectivity index (χ2n) is 5.55. The van der Waals surface area contributed by atoms with Crippen molar-refractivity contribution < 1.29 is 24.2 Å². The number of carboxylic acids is 1. The summed E-state index contributed by atoms with van der Waals surface area (Å²) in [5, 5.41) is 9.02. The van der Waals surface area contributed by atoms with Crippen molar-refractivity contribution in [2.75, 3.05) is 19.7 Å². The molecule has 7 nitrogen and oxygen atoms in total. The van der Waals surface area contributed by atoms with Crippen molar-refractivity contribution in [1.82, 2.24) is 9.88 Å². The molecule has 0 saturated carbocycles. The van der Waals surface area contributed by atoms with Gasteiger partial charge in [-0.3, -0.25) is 4.79 Å². The van der Waals surface area contributed by atoms with Gasteiger partial charge in [0.25, 0.3) is 5.91 Å². The summed E-state index contributed by atoms with van der Waals surface area (Å²) in [4.78, 5) is 29.1. The van der Waals surface area contributed by atoms with E-state index in [1.54, 1.807) is 4.90 Å². The van der Waals surface area contributed by atoms with Crippen molar-refractivity contribution in [3.63, 3.8) is 0 Å². The highest BCUT2D eigenvalue weighted by atomic mass is 16.6. The first kappa shape index (κ1) is 16.8. The molecule has 0 radical (unpaired) electrons. The number of hydrogen-bond donors (Lipinski definition) is 1. The number of fused-ring (bicyclic) bond motifs is 1. The summed E-state index contributed by atoms with van der Waals surface area (Å²) in [5.74, 6) is -0.177. The first-order chi connectivity index (χ1) is 12.1. The third-order valence-corrected chi connectivity index (χ3v) is 3.85. The van der Waals surface area contributed by atoms with Gasteiger partial charge in [0.2, 0.25) is 0 Å². The standard InChI is InChI=1S/C18H18N2O5/c1-2-20(17(21)13-6-5-7-14(19-13)18(22)23)10-12-11-24-15-8-3-4-9-16(15)25-12/h3-9,12H,2,10-11H2,1H3,(H,22,23)/t12-/m0/s1. The smallest absolute Gasteiger partial charge is 0.354 e. The Morgan fingerprint density at radius 2 is 1.88 bits per heavy atom. The predicted molar refractivity (Wildman–Crippen MR) is 89.1 cm³/mol. The number of nitrogens with zero attached hydrogens (tertiary/aromatic N) is 2. The van der Waals surface area contributed by atoms with E-state index >= 15 is 0 Å². The molecule has 0 spiro atoms. The Kier molecular flexibility index (Phi) is 4.83. The molecular weight excluding hydrogens is 324 g/mol. The van der Waals surface area contributed by atoms with Crippen LogP contribution in [0.5, 0.6) is 11.5 Å². The second kappa shape index (κ2) is 7.21. The predicted octanol–water partition coefficient (Wildman–Crippen LogP) is 2.08. The number of aromatic nitrogens is 1. The molecule has 1 aliphatic heterocycles. The molecule has 1 N–H and O–H groups in total. The molecule has 0 bridgehead atoms. The summed E-state index contributed by atoms with van der Waals surface area (Å²) in [6, 6.07) is 11.7. The van der Waals surface area contributed by atoms with Crippen molar-refractivity contribution >= 4 is 11.9 Å². The number of para-hydroxylation sites is 2. The number of aromatic carboxylic acids is 1. The Morgan fingerprint density at radius 3 is 2.60 bits per heavy atom. The van der Waals surface area contributed by atoms with Gasteiger partial charge in [-0.25, -0.2) is 9.78 Å². The molecule has 2 aromatic rings. The summed E-state index contributed by atoms with van der Waals surface area (Å²) in [6.45, 7) is 2.95. The maximum atomic E-state index is 12.6. The minimum absolute atomic E-state index is 0.0962. The second-order valence-corrected chi connectivity index (χ2v) is 5.55. The summed E-state index contributed by atoms with van der Waals surface area (Å²) >= 11 is 0. The number of carbonyl (C=O) groups is 2. The fraction of sp³-hybridized carbons (Fsp3) is 0.278. The minimum atomic E-state index is -1.17. The van der Waals surface area contributed by atoms with Crippen molar-refractivity contribution in [3.8, 4) is 11.5 Å². The van der Waals surface area contributed by atoms with Crippen LogP contribution in [0.2, 0.25) is 0 Å². The topological polar surface area (TPSA) is 89.0 Å². The number of carboxylic acid groups (broad SMARTS) is 1. The van der Waals surface area contributed by atoms with Crippen molar-refractivity contribution in [3.05, 3.63) is 53.9 Å². The van der Waals surface area contributed by atoms with Crippen molar-refractivity contribution in [2.24, 2.45) is 0 Å². The molecule has 0 aliphatic carbocycles. The third-order valence-electron chi connectivity index (χ3n) is 3.85. The monoisotopic (exact) mass is 342 g/mol. The number of ether oxygens (including phenoxy) is 2. The largest absolute Gasteiger partial charge is 0.486 e. The van der Waals surface area contributed by atoms with Gasteiger partial charge in [0.15, 0.2) is 17.6 Å². The van der Waals surface area contributed by atoms with E-state index in [0.717, 1.165) is 0 Å². The molecule has 1 amide bonds. The number of pyridine rings is 1. The zero-order valence-electron chi connectivity index (χ0n) is 13.7. The van der Waals surface area contributed by atoms with E-state index in [9.17, 15) is 9.59 Å². The van der Waals surface area contributed by atoms with Gasteiger partial charge in [-0.1, -0.05) is 18.2 Å². The average Bonchev–Trinajstić information content (AvgIpc) is 2.65. The Morgan fingerprint density at radius 1 is 1.16 bits per heavy atom. The van der Waals surface area contributed by atoms with E-state index in [0.29, 0.717) is 31.2 Å². The zero-order valence-corrected chi connectivity index (χ0v) is 13.7. The quantitative estimate of drug-likeness (QED) is 0.895. The normalized spacial score (nSPS) is 15.5. The number of carbonyl (C=O) groups excluding carboxylic acids is 1. The maximum absolute atomic E-state index is 12.6. The lowest BCUT2D eigenvalue weighted by atomic mass is 10.2. The van der Waals surface area contributed by atoms with Crippen molar-refractivity contribution in [1.29, 1.82) is 0 Å². The molecule has 0 saturated heterocycles. The number of likely N-dealkylation sites (N-methyl/N-ethyl adjacent to an activating group) is 1. The molecule has 0 fully saturated rings. The van der Waals surface area contributed by atoms with E-state index in [4.69, 9.17) is 14.6 Å². The summed E-state index contributed by atoms with van der Waals surface area (Å²) in [7, 11) is 0. The minimum Gasteiger partial charge on any atom is -0.486 e. The SMILES string of the molecule is CCN(C[C@H]1COc2ccccc2O1)C(=O)c1cccc(C(=O)O)n1. The number of amides is 1. The summed E-state index contributed by atoms with van der Waals surface area (Å²) < 4.78 is 11.5. The van der Waals surface area contributed by atoms with Gasteiger partial charge in [-0.05, 0) is 31.2 Å². The fourth-order valence-corrected chi connectivity index (χ4v) is 2.59. The van der Waals surface area contributed by atoms with Crippen LogP contribution in [0, 0.1) is 0 Å². The Balaban J connectivity index is 1.71. The van der Waals surface area contributed by atoms with E-state index < -0.39 is 5.97 Å². The van der Waals surface area contributed by atoms with E-state index in [2.05, 4.69) is 4.98 Å². The molecule has 1 aliphatic rings. The molecule has 0 unspecified atom stereocenters. The van der Waals surface area contributed by atoms with Crippen LogP contribution in [0.3, 0.4) is 0 Å². The van der Waals surface area contributed by atoms with E-state index in [1.807, 2.05) is 31.2 Å². The van der Waals surface area contributed by atoms with Crippen LogP contribution in [-0.2, 0) is 0 Å². The first-order valence-corrected chi connectivity index (χ1v) is 7.96. The average molecular weight is 342 g/mol. The molecule has 7 heteroatoms. The molecule has 1 aromatic carbocycles. The van der Waals surface area contributed by atoms with Gasteiger partial charge < -0.3 is 19.5 Å². The van der Waals surface area contributed by atoms with Gasteiger partial charge in [-0.2, -0.15) is 0 Å². The Bertz CT molecular complexity index is 793. The molecule has 130 valence electrons. The van der Waals surface area contributed by atoms with E-state index in [-0.39, 0.29) is 23.4 Å². The highest BCUT2D eigenvalue weighted by molar-refractivity contribution is 5.94.